The number of aromatic nitrogens is 3. The van der Waals surface area contributed by atoms with Crippen LogP contribution in [0.4, 0.5) is 5.82 Å². The summed E-state index contributed by atoms with van der Waals surface area (Å²) in [5.74, 6) is 1.83. The van der Waals surface area contributed by atoms with Crippen molar-refractivity contribution in [2.45, 2.75) is 6.42 Å². The highest BCUT2D eigenvalue weighted by Gasteiger charge is 2.21. The minimum atomic E-state index is 0.120. The number of thiophene rings is 1. The van der Waals surface area contributed by atoms with Crippen molar-refractivity contribution in [2.75, 3.05) is 18.4 Å². The maximum Gasteiger partial charge on any atom is 0.220 e. The lowest BCUT2D eigenvalue weighted by Gasteiger charge is -2.11. The Morgan fingerprint density at radius 2 is 2.26 bits per heavy atom. The van der Waals surface area contributed by atoms with Crippen LogP contribution in [0.3, 0.4) is 0 Å². The van der Waals surface area contributed by atoms with Crippen molar-refractivity contribution in [1.82, 2.24) is 20.3 Å². The predicted octanol–water partition coefficient (Wildman–Crippen LogP) is 2.30. The van der Waals surface area contributed by atoms with Gasteiger partial charge >= 0.3 is 0 Å². The summed E-state index contributed by atoms with van der Waals surface area (Å²) in [7, 11) is 0. The molecule has 1 fully saturated rings. The topological polar surface area (TPSA) is 79.8 Å². The Kier molecular flexibility index (Phi) is 3.63. The fraction of sp³-hybridized carbons (Fsp3) is 0.250. The standard InChI is InChI=1S/C16H15N5OS/c22-13-7-10(8-18-13)9-19-14-11-4-6-23-16(11)21-15(20-14)12-3-1-2-5-17-12/h1-6,10H,7-9H2,(H,18,22)(H,19,20,21). The molecule has 1 aliphatic heterocycles. The number of fused-ring (bicyclic) bond motifs is 1. The molecule has 2 N–H and O–H groups in total. The van der Waals surface area contributed by atoms with Crippen molar-refractivity contribution < 1.29 is 4.79 Å². The molecule has 1 amide bonds. The number of hydrogen-bond donors (Lipinski definition) is 2. The first-order valence-corrected chi connectivity index (χ1v) is 8.35. The number of rotatable bonds is 4. The molecule has 4 heterocycles. The average Bonchev–Trinajstić information content (AvgIpc) is 3.22. The number of nitrogens with zero attached hydrogens (tertiary/aromatic N) is 3. The van der Waals surface area contributed by atoms with Gasteiger partial charge in [0.15, 0.2) is 5.82 Å². The second-order valence-electron chi connectivity index (χ2n) is 5.51. The SMILES string of the molecule is O=C1CC(CNc2nc(-c3ccccn3)nc3sccc23)CN1. The van der Waals surface area contributed by atoms with Crippen molar-refractivity contribution in [3.63, 3.8) is 0 Å². The van der Waals surface area contributed by atoms with Crippen LogP contribution in [-0.2, 0) is 4.79 Å². The molecule has 6 nitrogen and oxygen atoms in total. The van der Waals surface area contributed by atoms with Gasteiger partial charge in [0.25, 0.3) is 0 Å². The Balaban J connectivity index is 1.65. The molecule has 0 bridgehead atoms. The first-order valence-electron chi connectivity index (χ1n) is 7.47. The monoisotopic (exact) mass is 325 g/mol. The molecule has 3 aromatic heterocycles. The van der Waals surface area contributed by atoms with E-state index in [1.807, 2.05) is 29.6 Å². The molecule has 0 aliphatic carbocycles. The van der Waals surface area contributed by atoms with Gasteiger partial charge in [0, 0.05) is 31.6 Å². The summed E-state index contributed by atoms with van der Waals surface area (Å²) in [6.07, 6.45) is 2.30. The van der Waals surface area contributed by atoms with Gasteiger partial charge in [-0.1, -0.05) is 6.07 Å². The third-order valence-corrected chi connectivity index (χ3v) is 4.65. The van der Waals surface area contributed by atoms with E-state index in [-0.39, 0.29) is 5.91 Å². The maximum atomic E-state index is 11.3. The third-order valence-electron chi connectivity index (χ3n) is 3.84. The molecular weight excluding hydrogens is 310 g/mol. The summed E-state index contributed by atoms with van der Waals surface area (Å²) in [6, 6.07) is 7.71. The molecule has 0 saturated carbocycles. The molecule has 23 heavy (non-hydrogen) atoms. The highest BCUT2D eigenvalue weighted by Crippen LogP contribution is 2.28. The number of anilines is 1. The fourth-order valence-corrected chi connectivity index (χ4v) is 3.41. The molecule has 3 aromatic rings. The minimum absolute atomic E-state index is 0.120. The fourth-order valence-electron chi connectivity index (χ4n) is 2.65. The Bertz CT molecular complexity index is 848. The van der Waals surface area contributed by atoms with Gasteiger partial charge in [-0.05, 0) is 23.6 Å². The number of nitrogens with one attached hydrogen (secondary N) is 2. The molecule has 0 radical (unpaired) electrons. The van der Waals surface area contributed by atoms with Gasteiger partial charge in [-0.15, -0.1) is 11.3 Å². The van der Waals surface area contributed by atoms with E-state index in [9.17, 15) is 4.79 Å². The first-order chi connectivity index (χ1) is 11.3. The van der Waals surface area contributed by atoms with Crippen LogP contribution in [0.2, 0.25) is 0 Å². The van der Waals surface area contributed by atoms with Gasteiger partial charge in [-0.3, -0.25) is 9.78 Å². The lowest BCUT2D eigenvalue weighted by Crippen LogP contribution is -2.18. The lowest BCUT2D eigenvalue weighted by atomic mass is 10.1. The van der Waals surface area contributed by atoms with E-state index in [2.05, 4.69) is 25.6 Å². The molecule has 1 saturated heterocycles. The summed E-state index contributed by atoms with van der Waals surface area (Å²) < 4.78 is 0. The van der Waals surface area contributed by atoms with Gasteiger partial charge < -0.3 is 10.6 Å². The molecular formula is C16H15N5OS. The number of amides is 1. The molecule has 0 aromatic carbocycles. The summed E-state index contributed by atoms with van der Waals surface area (Å²) in [4.78, 5) is 25.8. The van der Waals surface area contributed by atoms with E-state index in [1.165, 1.54) is 0 Å². The van der Waals surface area contributed by atoms with Gasteiger partial charge in [0.1, 0.15) is 16.3 Å². The number of hydrogen-bond acceptors (Lipinski definition) is 6. The zero-order valence-electron chi connectivity index (χ0n) is 12.3. The molecule has 116 valence electrons. The van der Waals surface area contributed by atoms with E-state index in [0.717, 1.165) is 28.3 Å². The highest BCUT2D eigenvalue weighted by atomic mass is 32.1. The van der Waals surface area contributed by atoms with Gasteiger partial charge in [-0.2, -0.15) is 0 Å². The molecule has 0 spiro atoms. The smallest absolute Gasteiger partial charge is 0.220 e. The van der Waals surface area contributed by atoms with E-state index < -0.39 is 0 Å². The molecule has 1 unspecified atom stereocenters. The average molecular weight is 325 g/mol. The number of carbonyl (C=O) groups excluding carboxylic acids is 1. The van der Waals surface area contributed by atoms with Crippen molar-refractivity contribution in [1.29, 1.82) is 0 Å². The molecule has 7 heteroatoms. The number of pyridine rings is 1. The Morgan fingerprint density at radius 3 is 3.04 bits per heavy atom. The molecule has 1 aliphatic rings. The van der Waals surface area contributed by atoms with Crippen LogP contribution in [0.15, 0.2) is 35.8 Å². The van der Waals surface area contributed by atoms with E-state index in [0.29, 0.717) is 24.7 Å². The summed E-state index contributed by atoms with van der Waals surface area (Å²) in [5, 5.41) is 9.25. The largest absolute Gasteiger partial charge is 0.369 e. The Labute approximate surface area is 137 Å². The van der Waals surface area contributed by atoms with Crippen molar-refractivity contribution in [2.24, 2.45) is 5.92 Å². The normalized spacial score (nSPS) is 17.4. The second-order valence-corrected chi connectivity index (χ2v) is 6.40. The maximum absolute atomic E-state index is 11.3. The van der Waals surface area contributed by atoms with E-state index >= 15 is 0 Å². The summed E-state index contributed by atoms with van der Waals surface area (Å²) in [5.41, 5.74) is 0.753. The van der Waals surface area contributed by atoms with Crippen LogP contribution in [0, 0.1) is 5.92 Å². The van der Waals surface area contributed by atoms with Crippen LogP contribution in [0.5, 0.6) is 0 Å². The predicted molar refractivity (Wildman–Crippen MR) is 90.3 cm³/mol. The van der Waals surface area contributed by atoms with Crippen molar-refractivity contribution in [3.05, 3.63) is 35.8 Å². The zero-order valence-corrected chi connectivity index (χ0v) is 13.1. The van der Waals surface area contributed by atoms with Crippen molar-refractivity contribution >= 4 is 33.3 Å². The van der Waals surface area contributed by atoms with Gasteiger partial charge in [0.05, 0.1) is 5.39 Å². The van der Waals surface area contributed by atoms with Crippen LogP contribution in [-0.4, -0.2) is 33.9 Å². The lowest BCUT2D eigenvalue weighted by molar-refractivity contribution is -0.119. The van der Waals surface area contributed by atoms with E-state index in [4.69, 9.17) is 0 Å². The van der Waals surface area contributed by atoms with Crippen LogP contribution < -0.4 is 10.6 Å². The van der Waals surface area contributed by atoms with Crippen LogP contribution in [0.25, 0.3) is 21.7 Å². The van der Waals surface area contributed by atoms with Crippen LogP contribution in [0.1, 0.15) is 6.42 Å². The highest BCUT2D eigenvalue weighted by molar-refractivity contribution is 7.16. The molecule has 4 rings (SSSR count). The minimum Gasteiger partial charge on any atom is -0.369 e. The summed E-state index contributed by atoms with van der Waals surface area (Å²) >= 11 is 1.58. The molecule has 1 atom stereocenters. The second kappa shape index (κ2) is 5.92. The van der Waals surface area contributed by atoms with Crippen LogP contribution >= 0.6 is 11.3 Å². The van der Waals surface area contributed by atoms with Gasteiger partial charge in [0.2, 0.25) is 5.91 Å². The Hall–Kier alpha value is -2.54. The number of carbonyl (C=O) groups is 1. The zero-order chi connectivity index (χ0) is 15.6. The quantitative estimate of drug-likeness (QED) is 0.769. The Morgan fingerprint density at radius 1 is 1.30 bits per heavy atom. The third kappa shape index (κ3) is 2.87. The summed E-state index contributed by atoms with van der Waals surface area (Å²) in [6.45, 7) is 1.43. The first kappa shape index (κ1) is 14.1. The van der Waals surface area contributed by atoms with Crippen molar-refractivity contribution in [3.8, 4) is 11.5 Å². The van der Waals surface area contributed by atoms with Gasteiger partial charge in [-0.25, -0.2) is 9.97 Å². The van der Waals surface area contributed by atoms with E-state index in [1.54, 1.807) is 17.5 Å².